The maximum atomic E-state index is 11.8. The molecule has 2 aromatic rings. The van der Waals surface area contributed by atoms with E-state index in [1.54, 1.807) is 19.3 Å². The highest BCUT2D eigenvalue weighted by Crippen LogP contribution is 2.31. The van der Waals surface area contributed by atoms with Crippen molar-refractivity contribution in [2.45, 2.75) is 13.8 Å². The third kappa shape index (κ3) is 5.17. The summed E-state index contributed by atoms with van der Waals surface area (Å²) >= 11 is 0. The highest BCUT2D eigenvalue weighted by atomic mass is 16.5. The smallest absolute Gasteiger partial charge is 0.302 e. The van der Waals surface area contributed by atoms with Gasteiger partial charge in [0.15, 0.2) is 0 Å². The van der Waals surface area contributed by atoms with Crippen molar-refractivity contribution in [1.29, 1.82) is 0 Å². The minimum atomic E-state index is -1.29. The van der Waals surface area contributed by atoms with Gasteiger partial charge in [-0.15, -0.1) is 0 Å². The van der Waals surface area contributed by atoms with Crippen LogP contribution in [0.3, 0.4) is 0 Å². The molecule has 0 spiro atoms. The van der Waals surface area contributed by atoms with Crippen molar-refractivity contribution in [2.75, 3.05) is 20.3 Å². The SMILES string of the molecule is COc1ccc2ccccc2c1C=CC(C=O)(COC(C)=O)COC(C)=O. The lowest BCUT2D eigenvalue weighted by Crippen LogP contribution is -2.33. The highest BCUT2D eigenvalue weighted by Gasteiger charge is 2.30. The molecule has 0 N–H and O–H groups in total. The fraction of sp³-hybridized carbons (Fsp3) is 0.286. The van der Waals surface area contributed by atoms with Crippen LogP contribution in [0, 0.1) is 5.41 Å². The molecule has 27 heavy (non-hydrogen) atoms. The quantitative estimate of drug-likeness (QED) is 0.525. The maximum absolute atomic E-state index is 11.8. The van der Waals surface area contributed by atoms with E-state index >= 15 is 0 Å². The van der Waals surface area contributed by atoms with Gasteiger partial charge in [0.25, 0.3) is 0 Å². The number of benzene rings is 2. The topological polar surface area (TPSA) is 78.9 Å². The molecule has 0 aliphatic heterocycles. The fourth-order valence-electron chi connectivity index (χ4n) is 2.59. The number of rotatable bonds is 8. The molecule has 0 aromatic heterocycles. The van der Waals surface area contributed by atoms with Crippen molar-refractivity contribution >= 4 is 35.1 Å². The van der Waals surface area contributed by atoms with Gasteiger partial charge in [0.05, 0.1) is 7.11 Å². The zero-order valence-electron chi connectivity index (χ0n) is 15.6. The van der Waals surface area contributed by atoms with Crippen molar-refractivity contribution in [3.8, 4) is 5.75 Å². The summed E-state index contributed by atoms with van der Waals surface area (Å²) in [5, 5.41) is 1.95. The van der Waals surface area contributed by atoms with E-state index < -0.39 is 17.4 Å². The molecule has 6 heteroatoms. The van der Waals surface area contributed by atoms with Crippen LogP contribution in [-0.2, 0) is 23.9 Å². The van der Waals surface area contributed by atoms with Crippen LogP contribution in [0.4, 0.5) is 0 Å². The second kappa shape index (κ2) is 8.98. The molecule has 0 fully saturated rings. The van der Waals surface area contributed by atoms with Gasteiger partial charge in [0, 0.05) is 19.4 Å². The van der Waals surface area contributed by atoms with Crippen LogP contribution in [0.1, 0.15) is 19.4 Å². The van der Waals surface area contributed by atoms with Gasteiger partial charge >= 0.3 is 11.9 Å². The summed E-state index contributed by atoms with van der Waals surface area (Å²) in [6.45, 7) is 2.03. The molecule has 0 unspecified atom stereocenters. The third-order valence-corrected chi connectivity index (χ3v) is 4.06. The van der Waals surface area contributed by atoms with Gasteiger partial charge in [-0.2, -0.15) is 0 Å². The van der Waals surface area contributed by atoms with E-state index in [0.29, 0.717) is 12.0 Å². The summed E-state index contributed by atoms with van der Waals surface area (Å²) in [5.74, 6) is -0.426. The Morgan fingerprint density at radius 2 is 1.63 bits per heavy atom. The van der Waals surface area contributed by atoms with Gasteiger partial charge in [0.1, 0.15) is 30.7 Å². The van der Waals surface area contributed by atoms with Crippen LogP contribution in [0.15, 0.2) is 42.5 Å². The predicted octanol–water partition coefficient (Wildman–Crippen LogP) is 3.17. The van der Waals surface area contributed by atoms with Crippen molar-refractivity contribution < 1.29 is 28.6 Å². The van der Waals surface area contributed by atoms with Crippen LogP contribution in [-0.4, -0.2) is 38.5 Å². The van der Waals surface area contributed by atoms with E-state index in [1.165, 1.54) is 13.8 Å². The number of ether oxygens (including phenoxy) is 3. The van der Waals surface area contributed by atoms with Gasteiger partial charge in [-0.1, -0.05) is 42.5 Å². The number of aldehydes is 1. The van der Waals surface area contributed by atoms with Gasteiger partial charge in [-0.3, -0.25) is 9.59 Å². The predicted molar refractivity (Wildman–Crippen MR) is 101 cm³/mol. The largest absolute Gasteiger partial charge is 0.496 e. The number of carbonyl (C=O) groups excluding carboxylic acids is 3. The molecular weight excluding hydrogens is 348 g/mol. The van der Waals surface area contributed by atoms with E-state index in [4.69, 9.17) is 14.2 Å². The van der Waals surface area contributed by atoms with Crippen molar-refractivity contribution in [2.24, 2.45) is 5.41 Å². The Hall–Kier alpha value is -3.15. The number of carbonyl (C=O) groups is 3. The van der Waals surface area contributed by atoms with Gasteiger partial charge in [0.2, 0.25) is 0 Å². The Morgan fingerprint density at radius 1 is 1.00 bits per heavy atom. The summed E-state index contributed by atoms with van der Waals surface area (Å²) in [5.41, 5.74) is -0.522. The van der Waals surface area contributed by atoms with E-state index in [-0.39, 0.29) is 13.2 Å². The minimum Gasteiger partial charge on any atom is -0.496 e. The second-order valence-electron chi connectivity index (χ2n) is 6.15. The van der Waals surface area contributed by atoms with Gasteiger partial charge in [-0.05, 0) is 16.8 Å². The van der Waals surface area contributed by atoms with Crippen LogP contribution in [0.5, 0.6) is 5.75 Å². The Morgan fingerprint density at radius 3 is 2.19 bits per heavy atom. The number of fused-ring (bicyclic) bond motifs is 1. The molecule has 142 valence electrons. The van der Waals surface area contributed by atoms with E-state index in [1.807, 2.05) is 36.4 Å². The third-order valence-electron chi connectivity index (χ3n) is 4.06. The van der Waals surface area contributed by atoms with Crippen LogP contribution in [0.2, 0.25) is 0 Å². The lowest BCUT2D eigenvalue weighted by molar-refractivity contribution is -0.150. The normalized spacial score (nSPS) is 11.4. The number of hydrogen-bond acceptors (Lipinski definition) is 6. The van der Waals surface area contributed by atoms with Crippen molar-refractivity contribution in [1.82, 2.24) is 0 Å². The second-order valence-corrected chi connectivity index (χ2v) is 6.15. The number of hydrogen-bond donors (Lipinski definition) is 0. The van der Waals surface area contributed by atoms with E-state index in [9.17, 15) is 14.4 Å². The summed E-state index contributed by atoms with van der Waals surface area (Å²) in [6.07, 6.45) is 3.92. The molecule has 0 aliphatic rings. The Labute approximate surface area is 157 Å². The molecule has 0 radical (unpaired) electrons. The number of esters is 2. The fourth-order valence-corrected chi connectivity index (χ4v) is 2.59. The summed E-state index contributed by atoms with van der Waals surface area (Å²) < 4.78 is 15.5. The lowest BCUT2D eigenvalue weighted by Gasteiger charge is -2.23. The standard InChI is InChI=1S/C21H22O6/c1-15(23)26-13-21(12-22,14-27-16(2)24)11-10-19-18-7-5-4-6-17(18)8-9-20(19)25-3/h4-12H,13-14H2,1-3H3. The first-order chi connectivity index (χ1) is 12.9. The molecule has 0 saturated heterocycles. The zero-order chi connectivity index (χ0) is 19.9. The minimum absolute atomic E-state index is 0.233. The van der Waals surface area contributed by atoms with Gasteiger partial charge < -0.3 is 19.0 Å². The molecule has 0 heterocycles. The summed E-state index contributed by atoms with van der Waals surface area (Å²) in [7, 11) is 1.56. The highest BCUT2D eigenvalue weighted by molar-refractivity contribution is 5.93. The monoisotopic (exact) mass is 370 g/mol. The Kier molecular flexibility index (Phi) is 6.71. The molecule has 0 aliphatic carbocycles. The molecule has 2 aromatic carbocycles. The maximum Gasteiger partial charge on any atom is 0.302 e. The van der Waals surface area contributed by atoms with Crippen molar-refractivity contribution in [3.05, 3.63) is 48.0 Å². The van der Waals surface area contributed by atoms with E-state index in [2.05, 4.69) is 0 Å². The molecule has 0 saturated carbocycles. The molecule has 2 rings (SSSR count). The molecule has 0 amide bonds. The first-order valence-corrected chi connectivity index (χ1v) is 8.39. The number of methoxy groups -OCH3 is 1. The Balaban J connectivity index is 2.47. The first-order valence-electron chi connectivity index (χ1n) is 8.39. The Bertz CT molecular complexity index is 850. The summed E-state index contributed by atoms with van der Waals surface area (Å²) in [4.78, 5) is 34.2. The average Bonchev–Trinajstić information content (AvgIpc) is 2.67. The van der Waals surface area contributed by atoms with Crippen LogP contribution >= 0.6 is 0 Å². The molecular formula is C21H22O6. The average molecular weight is 370 g/mol. The zero-order valence-corrected chi connectivity index (χ0v) is 15.6. The first kappa shape index (κ1) is 20.2. The molecule has 0 atom stereocenters. The lowest BCUT2D eigenvalue weighted by atomic mass is 9.90. The summed E-state index contributed by atoms with van der Waals surface area (Å²) in [6, 6.07) is 11.5. The van der Waals surface area contributed by atoms with E-state index in [0.717, 1.165) is 16.3 Å². The molecule has 6 nitrogen and oxygen atoms in total. The van der Waals surface area contributed by atoms with Crippen molar-refractivity contribution in [3.63, 3.8) is 0 Å². The molecule has 0 bridgehead atoms. The van der Waals surface area contributed by atoms with Crippen LogP contribution in [0.25, 0.3) is 16.8 Å². The van der Waals surface area contributed by atoms with Gasteiger partial charge in [-0.25, -0.2) is 0 Å². The van der Waals surface area contributed by atoms with Crippen LogP contribution < -0.4 is 4.74 Å².